The quantitative estimate of drug-likeness (QED) is 0.590. The Kier molecular flexibility index (Phi) is 2.74. The lowest BCUT2D eigenvalue weighted by Crippen LogP contribution is -2.28. The number of halogens is 1. The first-order chi connectivity index (χ1) is 5.45. The standard InChI is InChI=1S/C8H8BN2.FH/c1-3-7(10-5-1)9-8-4-2-6-11-8;/h1-6,10-11H;1H. The maximum atomic E-state index is 3.10. The highest BCUT2D eigenvalue weighted by Crippen LogP contribution is 1.77. The van der Waals surface area contributed by atoms with Crippen LogP contribution in [0.4, 0.5) is 4.70 Å². The van der Waals surface area contributed by atoms with Crippen LogP contribution >= 0.6 is 0 Å². The fraction of sp³-hybridized carbons (Fsp3) is 0. The lowest BCUT2D eigenvalue weighted by atomic mass is 9.71. The molecule has 61 valence electrons. The van der Waals surface area contributed by atoms with Gasteiger partial charge in [0, 0.05) is 0 Å². The molecule has 0 aliphatic heterocycles. The van der Waals surface area contributed by atoms with Crippen molar-refractivity contribution in [3.63, 3.8) is 0 Å². The largest absolute Gasteiger partial charge is 0.373 e. The van der Waals surface area contributed by atoms with E-state index in [4.69, 9.17) is 0 Å². The van der Waals surface area contributed by atoms with Gasteiger partial charge in [-0.15, -0.1) is 0 Å². The Bertz CT molecular complexity index is 269. The van der Waals surface area contributed by atoms with Gasteiger partial charge in [-0.25, -0.2) is 0 Å². The average Bonchev–Trinajstić information content (AvgIpc) is 2.60. The zero-order valence-corrected chi connectivity index (χ0v) is 6.45. The molecular weight excluding hydrogens is 154 g/mol. The summed E-state index contributed by atoms with van der Waals surface area (Å²) in [4.78, 5) is 6.20. The van der Waals surface area contributed by atoms with E-state index >= 15 is 0 Å². The molecule has 2 heterocycles. The summed E-state index contributed by atoms with van der Waals surface area (Å²) in [6.07, 6.45) is 3.82. The van der Waals surface area contributed by atoms with E-state index in [9.17, 15) is 0 Å². The van der Waals surface area contributed by atoms with Crippen LogP contribution in [0.2, 0.25) is 0 Å². The van der Waals surface area contributed by atoms with Crippen LogP contribution in [0.1, 0.15) is 0 Å². The Balaban J connectivity index is 0.000000720. The second-order valence-corrected chi connectivity index (χ2v) is 2.40. The summed E-state index contributed by atoms with van der Waals surface area (Å²) in [7, 11) is 2.06. The SMILES string of the molecule is F.[B](c1ccc[nH]1)c1ccc[nH]1. The first-order valence-electron chi connectivity index (χ1n) is 3.57. The van der Waals surface area contributed by atoms with E-state index in [2.05, 4.69) is 17.2 Å². The maximum Gasteiger partial charge on any atom is 0.236 e. The molecule has 12 heavy (non-hydrogen) atoms. The van der Waals surface area contributed by atoms with E-state index in [1.54, 1.807) is 0 Å². The van der Waals surface area contributed by atoms with Crippen LogP contribution in [0.3, 0.4) is 0 Å². The molecule has 0 saturated carbocycles. The van der Waals surface area contributed by atoms with Crippen molar-refractivity contribution < 1.29 is 4.70 Å². The fourth-order valence-corrected chi connectivity index (χ4v) is 1.04. The van der Waals surface area contributed by atoms with Gasteiger partial charge in [-0.05, 0) is 35.7 Å². The molecule has 0 atom stereocenters. The Morgan fingerprint density at radius 3 is 1.75 bits per heavy atom. The molecule has 2 aromatic heterocycles. The van der Waals surface area contributed by atoms with Crippen molar-refractivity contribution in [2.45, 2.75) is 0 Å². The summed E-state index contributed by atoms with van der Waals surface area (Å²) >= 11 is 0. The summed E-state index contributed by atoms with van der Waals surface area (Å²) in [5.41, 5.74) is 2.24. The maximum absolute atomic E-state index is 3.10. The monoisotopic (exact) mass is 163 g/mol. The third kappa shape index (κ3) is 1.78. The predicted octanol–water partition coefficient (Wildman–Crippen LogP) is 0.150. The molecular formula is C8H9BFN2. The summed E-state index contributed by atoms with van der Waals surface area (Å²) in [5.74, 6) is 0. The number of nitrogens with one attached hydrogen (secondary N) is 2. The zero-order chi connectivity index (χ0) is 7.52. The fourth-order valence-electron chi connectivity index (χ4n) is 1.04. The number of hydrogen-bond acceptors (Lipinski definition) is 0. The molecule has 0 aliphatic rings. The van der Waals surface area contributed by atoms with Gasteiger partial charge in [-0.2, -0.15) is 0 Å². The molecule has 0 spiro atoms. The minimum Gasteiger partial charge on any atom is -0.373 e. The molecule has 0 fully saturated rings. The van der Waals surface area contributed by atoms with Gasteiger partial charge in [0.1, 0.15) is 0 Å². The molecule has 0 aliphatic carbocycles. The van der Waals surface area contributed by atoms with E-state index in [-0.39, 0.29) is 4.70 Å². The second-order valence-electron chi connectivity index (χ2n) is 2.40. The molecule has 0 amide bonds. The van der Waals surface area contributed by atoms with Gasteiger partial charge in [0.2, 0.25) is 7.28 Å². The van der Waals surface area contributed by atoms with Crippen molar-refractivity contribution in [1.29, 1.82) is 0 Å². The Morgan fingerprint density at radius 2 is 1.42 bits per heavy atom. The molecule has 0 bridgehead atoms. The normalized spacial score (nSPS) is 9.00. The molecule has 2 nitrogen and oxygen atoms in total. The lowest BCUT2D eigenvalue weighted by Gasteiger charge is -1.90. The van der Waals surface area contributed by atoms with E-state index in [0.29, 0.717) is 0 Å². The molecule has 4 heteroatoms. The van der Waals surface area contributed by atoms with Crippen LogP contribution < -0.4 is 11.2 Å². The molecule has 2 aromatic rings. The van der Waals surface area contributed by atoms with Gasteiger partial charge in [0.25, 0.3) is 0 Å². The predicted molar refractivity (Wildman–Crippen MR) is 49.1 cm³/mol. The van der Waals surface area contributed by atoms with Gasteiger partial charge >= 0.3 is 0 Å². The Labute approximate surface area is 70.6 Å². The van der Waals surface area contributed by atoms with Crippen molar-refractivity contribution in [2.24, 2.45) is 0 Å². The lowest BCUT2D eigenvalue weighted by molar-refractivity contribution is 1.11. The minimum atomic E-state index is 0. The van der Waals surface area contributed by atoms with Crippen LogP contribution in [0.25, 0.3) is 0 Å². The minimum absolute atomic E-state index is 0. The van der Waals surface area contributed by atoms with Gasteiger partial charge in [-0.1, -0.05) is 12.1 Å². The van der Waals surface area contributed by atoms with Crippen LogP contribution in [0.15, 0.2) is 36.7 Å². The molecule has 1 radical (unpaired) electrons. The Hall–Kier alpha value is -1.45. The molecule has 0 aromatic carbocycles. The highest BCUT2D eigenvalue weighted by molar-refractivity contribution is 6.65. The van der Waals surface area contributed by atoms with E-state index in [1.165, 1.54) is 0 Å². The van der Waals surface area contributed by atoms with Gasteiger partial charge in [-0.3, -0.25) is 4.70 Å². The number of rotatable bonds is 2. The Morgan fingerprint density at radius 1 is 0.917 bits per heavy atom. The zero-order valence-electron chi connectivity index (χ0n) is 6.45. The number of aromatic amines is 2. The van der Waals surface area contributed by atoms with Crippen LogP contribution in [0.5, 0.6) is 0 Å². The van der Waals surface area contributed by atoms with E-state index in [1.807, 2.05) is 36.7 Å². The summed E-state index contributed by atoms with van der Waals surface area (Å²) in [6.45, 7) is 0. The summed E-state index contributed by atoms with van der Waals surface area (Å²) in [5, 5.41) is 0. The van der Waals surface area contributed by atoms with Crippen LogP contribution in [0, 0.1) is 0 Å². The van der Waals surface area contributed by atoms with Crippen molar-refractivity contribution in [3.8, 4) is 0 Å². The van der Waals surface area contributed by atoms with Crippen LogP contribution in [-0.4, -0.2) is 17.2 Å². The summed E-state index contributed by atoms with van der Waals surface area (Å²) < 4.78 is 0. The third-order valence-electron chi connectivity index (χ3n) is 1.56. The highest BCUT2D eigenvalue weighted by atomic mass is 19.0. The van der Waals surface area contributed by atoms with Crippen LogP contribution in [-0.2, 0) is 0 Å². The number of H-pyrrole nitrogens is 2. The first-order valence-corrected chi connectivity index (χ1v) is 3.57. The highest BCUT2D eigenvalue weighted by Gasteiger charge is 1.97. The smallest absolute Gasteiger partial charge is 0.236 e. The van der Waals surface area contributed by atoms with Crippen molar-refractivity contribution in [1.82, 2.24) is 9.97 Å². The van der Waals surface area contributed by atoms with E-state index in [0.717, 1.165) is 11.2 Å². The average molecular weight is 163 g/mol. The third-order valence-corrected chi connectivity index (χ3v) is 1.56. The van der Waals surface area contributed by atoms with E-state index < -0.39 is 0 Å². The topological polar surface area (TPSA) is 31.6 Å². The van der Waals surface area contributed by atoms with Crippen molar-refractivity contribution in [2.75, 3.05) is 0 Å². The number of aromatic nitrogens is 2. The molecule has 2 N–H and O–H groups in total. The second kappa shape index (κ2) is 3.81. The summed E-state index contributed by atoms with van der Waals surface area (Å²) in [6, 6.07) is 8.02. The van der Waals surface area contributed by atoms with Gasteiger partial charge in [0.05, 0.1) is 0 Å². The molecule has 0 unspecified atom stereocenters. The van der Waals surface area contributed by atoms with Gasteiger partial charge in [0.15, 0.2) is 0 Å². The first kappa shape index (κ1) is 8.65. The molecule has 0 saturated heterocycles. The van der Waals surface area contributed by atoms with Crippen molar-refractivity contribution >= 4 is 18.5 Å². The molecule has 2 rings (SSSR count). The van der Waals surface area contributed by atoms with Gasteiger partial charge < -0.3 is 9.97 Å². The van der Waals surface area contributed by atoms with Crippen molar-refractivity contribution in [3.05, 3.63) is 36.7 Å². The number of hydrogen-bond donors (Lipinski definition) is 2.